The molecule has 124 valence electrons. The third-order valence-electron chi connectivity index (χ3n) is 5.91. The van der Waals surface area contributed by atoms with E-state index in [-0.39, 0.29) is 0 Å². The van der Waals surface area contributed by atoms with Crippen LogP contribution in [0.5, 0.6) is 0 Å². The average Bonchev–Trinajstić information content (AvgIpc) is 2.58. The van der Waals surface area contributed by atoms with Gasteiger partial charge < -0.3 is 0 Å². The Morgan fingerprint density at radius 3 is 1.09 bits per heavy atom. The Balaban J connectivity index is 0.000000847. The summed E-state index contributed by atoms with van der Waals surface area (Å²) in [5.74, 6) is 3.59. The first kappa shape index (κ1) is 17.6. The third-order valence-corrected chi connectivity index (χ3v) is 5.91. The van der Waals surface area contributed by atoms with Crippen molar-refractivity contribution in [3.63, 3.8) is 0 Å². The van der Waals surface area contributed by atoms with Crippen LogP contribution in [0.2, 0.25) is 0 Å². The van der Waals surface area contributed by atoms with Crippen LogP contribution < -0.4 is 0 Å². The smallest absolute Gasteiger partial charge is 0.0162 e. The highest BCUT2D eigenvalue weighted by Gasteiger charge is 2.22. The van der Waals surface area contributed by atoms with E-state index in [1.165, 1.54) is 51.4 Å². The number of hydrogen-bond donors (Lipinski definition) is 0. The second kappa shape index (κ2) is 8.75. The van der Waals surface area contributed by atoms with Crippen LogP contribution in [0.3, 0.4) is 0 Å². The highest BCUT2D eigenvalue weighted by molar-refractivity contribution is 5.28. The molecule has 2 aliphatic carbocycles. The Morgan fingerprint density at radius 1 is 0.545 bits per heavy atom. The summed E-state index contributed by atoms with van der Waals surface area (Å²) >= 11 is 0. The molecule has 0 N–H and O–H groups in total. The molecule has 3 rings (SSSR count). The second-order valence-corrected chi connectivity index (χ2v) is 7.58. The third kappa shape index (κ3) is 4.61. The van der Waals surface area contributed by atoms with Crippen molar-refractivity contribution < 1.29 is 0 Å². The molecule has 22 heavy (non-hydrogen) atoms. The highest BCUT2D eigenvalue weighted by Crippen LogP contribution is 2.38. The molecule has 0 heteroatoms. The Morgan fingerprint density at radius 2 is 0.818 bits per heavy atom. The number of rotatable bonds is 2. The SMILES string of the molecule is CC.CC1CCC(c2ccc(C3CCC(C)CC3)cc2)CC1. The lowest BCUT2D eigenvalue weighted by Gasteiger charge is -2.28. The highest BCUT2D eigenvalue weighted by atomic mass is 14.3. The largest absolute Gasteiger partial charge is 0.0683 e. The van der Waals surface area contributed by atoms with E-state index in [0.717, 1.165) is 23.7 Å². The molecule has 0 bridgehead atoms. The lowest BCUT2D eigenvalue weighted by Crippen LogP contribution is -2.12. The average molecular weight is 301 g/mol. The van der Waals surface area contributed by atoms with Gasteiger partial charge in [0.15, 0.2) is 0 Å². The van der Waals surface area contributed by atoms with Crippen LogP contribution in [0.25, 0.3) is 0 Å². The topological polar surface area (TPSA) is 0 Å². The van der Waals surface area contributed by atoms with Crippen LogP contribution in [0.15, 0.2) is 24.3 Å². The first-order valence-corrected chi connectivity index (χ1v) is 9.82. The number of hydrogen-bond acceptors (Lipinski definition) is 0. The van der Waals surface area contributed by atoms with Gasteiger partial charge in [0.25, 0.3) is 0 Å². The lowest BCUT2D eigenvalue weighted by molar-refractivity contribution is 0.345. The minimum atomic E-state index is 0.839. The summed E-state index contributed by atoms with van der Waals surface area (Å²) in [5.41, 5.74) is 3.20. The monoisotopic (exact) mass is 300 g/mol. The zero-order valence-electron chi connectivity index (χ0n) is 15.3. The Kier molecular flexibility index (Phi) is 6.99. The van der Waals surface area contributed by atoms with Crippen LogP contribution in [0.4, 0.5) is 0 Å². The van der Waals surface area contributed by atoms with Crippen LogP contribution in [0.1, 0.15) is 102 Å². The zero-order valence-corrected chi connectivity index (χ0v) is 15.3. The van der Waals surface area contributed by atoms with E-state index in [4.69, 9.17) is 0 Å². The van der Waals surface area contributed by atoms with Crippen LogP contribution in [0, 0.1) is 11.8 Å². The van der Waals surface area contributed by atoms with Gasteiger partial charge in [0.2, 0.25) is 0 Å². The van der Waals surface area contributed by atoms with Crippen molar-refractivity contribution in [1.29, 1.82) is 0 Å². The van der Waals surface area contributed by atoms with Gasteiger partial charge in [-0.1, -0.05) is 77.6 Å². The maximum Gasteiger partial charge on any atom is -0.0162 e. The predicted octanol–water partition coefficient (Wildman–Crippen LogP) is 7.30. The van der Waals surface area contributed by atoms with Gasteiger partial charge >= 0.3 is 0 Å². The van der Waals surface area contributed by atoms with E-state index in [1.807, 2.05) is 13.8 Å². The van der Waals surface area contributed by atoms with E-state index in [9.17, 15) is 0 Å². The van der Waals surface area contributed by atoms with Gasteiger partial charge in [0.05, 0.1) is 0 Å². The molecule has 2 aliphatic rings. The molecule has 0 spiro atoms. The van der Waals surface area contributed by atoms with Gasteiger partial charge in [-0.2, -0.15) is 0 Å². The van der Waals surface area contributed by atoms with Gasteiger partial charge in [0, 0.05) is 0 Å². The van der Waals surface area contributed by atoms with Crippen LogP contribution in [-0.2, 0) is 0 Å². The van der Waals surface area contributed by atoms with Gasteiger partial charge in [-0.3, -0.25) is 0 Å². The summed E-state index contributed by atoms with van der Waals surface area (Å²) in [5, 5.41) is 0. The van der Waals surface area contributed by atoms with Gasteiger partial charge in [-0.25, -0.2) is 0 Å². The van der Waals surface area contributed by atoms with E-state index >= 15 is 0 Å². The molecule has 1 aromatic carbocycles. The fourth-order valence-corrected chi connectivity index (χ4v) is 4.23. The molecule has 0 heterocycles. The fraction of sp³-hybridized carbons (Fsp3) is 0.727. The van der Waals surface area contributed by atoms with Crippen LogP contribution >= 0.6 is 0 Å². The molecule has 0 atom stereocenters. The van der Waals surface area contributed by atoms with Crippen molar-refractivity contribution >= 4 is 0 Å². The van der Waals surface area contributed by atoms with Gasteiger partial charge in [-0.15, -0.1) is 0 Å². The molecule has 0 aromatic heterocycles. The standard InChI is InChI=1S/C20H30.C2H6/c1-15-3-7-17(8-4-15)19-11-13-20(14-12-19)18-9-5-16(2)6-10-18;1-2/h11-18H,3-10H2,1-2H3;1-2H3. The Hall–Kier alpha value is -0.780. The first-order valence-electron chi connectivity index (χ1n) is 9.82. The van der Waals surface area contributed by atoms with E-state index < -0.39 is 0 Å². The molecule has 0 saturated heterocycles. The molecule has 0 aliphatic heterocycles. The molecule has 0 radical (unpaired) electrons. The van der Waals surface area contributed by atoms with Gasteiger partial charge in [-0.05, 0) is 60.5 Å². The summed E-state index contributed by atoms with van der Waals surface area (Å²) in [6.45, 7) is 8.81. The van der Waals surface area contributed by atoms with Gasteiger partial charge in [0.1, 0.15) is 0 Å². The van der Waals surface area contributed by atoms with Crippen molar-refractivity contribution in [2.45, 2.75) is 90.9 Å². The summed E-state index contributed by atoms with van der Waals surface area (Å²) in [6.07, 6.45) is 11.3. The number of benzene rings is 1. The normalized spacial score (nSPS) is 32.0. The van der Waals surface area contributed by atoms with Crippen molar-refractivity contribution in [3.05, 3.63) is 35.4 Å². The maximum atomic E-state index is 2.44. The molecule has 0 nitrogen and oxygen atoms in total. The van der Waals surface area contributed by atoms with Crippen molar-refractivity contribution in [2.75, 3.05) is 0 Å². The minimum Gasteiger partial charge on any atom is -0.0683 e. The molecular weight excluding hydrogens is 264 g/mol. The lowest BCUT2D eigenvalue weighted by atomic mass is 9.77. The molecular formula is C22H36. The molecule has 2 fully saturated rings. The van der Waals surface area contributed by atoms with Crippen molar-refractivity contribution in [2.24, 2.45) is 11.8 Å². The summed E-state index contributed by atoms with van der Waals surface area (Å²) in [4.78, 5) is 0. The summed E-state index contributed by atoms with van der Waals surface area (Å²) in [6, 6.07) is 9.75. The minimum absolute atomic E-state index is 0.839. The molecule has 2 saturated carbocycles. The first-order chi connectivity index (χ1) is 10.7. The summed E-state index contributed by atoms with van der Waals surface area (Å²) in [7, 11) is 0. The summed E-state index contributed by atoms with van der Waals surface area (Å²) < 4.78 is 0. The maximum absolute atomic E-state index is 2.44. The zero-order chi connectivity index (χ0) is 15.9. The molecule has 0 amide bonds. The molecule has 0 unspecified atom stereocenters. The van der Waals surface area contributed by atoms with E-state index in [1.54, 1.807) is 11.1 Å². The van der Waals surface area contributed by atoms with Crippen molar-refractivity contribution in [1.82, 2.24) is 0 Å². The van der Waals surface area contributed by atoms with E-state index in [2.05, 4.69) is 38.1 Å². The van der Waals surface area contributed by atoms with Crippen LogP contribution in [-0.4, -0.2) is 0 Å². The quantitative estimate of drug-likeness (QED) is 0.537. The predicted molar refractivity (Wildman–Crippen MR) is 98.5 cm³/mol. The van der Waals surface area contributed by atoms with Crippen molar-refractivity contribution in [3.8, 4) is 0 Å². The van der Waals surface area contributed by atoms with E-state index in [0.29, 0.717) is 0 Å². The Bertz CT molecular complexity index is 359. The Labute approximate surface area is 138 Å². The molecule has 1 aromatic rings. The fourth-order valence-electron chi connectivity index (χ4n) is 4.23. The second-order valence-electron chi connectivity index (χ2n) is 7.58.